The molecule has 16 heavy (non-hydrogen) atoms. The SMILES string of the molecule is CC(O)CC(C)(C)CNC(=O)C1CCCC1. The zero-order valence-electron chi connectivity index (χ0n) is 10.8. The van der Waals surface area contributed by atoms with Gasteiger partial charge in [0.1, 0.15) is 0 Å². The molecule has 1 rings (SSSR count). The molecule has 0 aromatic rings. The van der Waals surface area contributed by atoms with Gasteiger partial charge in [-0.25, -0.2) is 0 Å². The van der Waals surface area contributed by atoms with Crippen molar-refractivity contribution in [2.45, 2.75) is 59.0 Å². The molecule has 2 N–H and O–H groups in total. The van der Waals surface area contributed by atoms with Gasteiger partial charge in [-0.2, -0.15) is 0 Å². The Morgan fingerprint density at radius 2 is 2.00 bits per heavy atom. The van der Waals surface area contributed by atoms with Crippen LogP contribution >= 0.6 is 0 Å². The normalized spacial score (nSPS) is 19.8. The van der Waals surface area contributed by atoms with Gasteiger partial charge in [0, 0.05) is 12.5 Å². The number of aliphatic hydroxyl groups is 1. The maximum Gasteiger partial charge on any atom is 0.223 e. The first-order valence-corrected chi connectivity index (χ1v) is 6.36. The monoisotopic (exact) mass is 227 g/mol. The first-order valence-electron chi connectivity index (χ1n) is 6.36. The molecule has 1 fully saturated rings. The molecule has 0 saturated heterocycles. The van der Waals surface area contributed by atoms with Crippen LogP contribution in [0.25, 0.3) is 0 Å². The van der Waals surface area contributed by atoms with Gasteiger partial charge in [0.05, 0.1) is 6.10 Å². The Morgan fingerprint density at radius 1 is 1.44 bits per heavy atom. The summed E-state index contributed by atoms with van der Waals surface area (Å²) < 4.78 is 0. The van der Waals surface area contributed by atoms with E-state index in [0.29, 0.717) is 6.54 Å². The minimum atomic E-state index is -0.307. The number of nitrogens with one attached hydrogen (secondary N) is 1. The largest absolute Gasteiger partial charge is 0.393 e. The van der Waals surface area contributed by atoms with E-state index >= 15 is 0 Å². The fourth-order valence-corrected chi connectivity index (χ4v) is 2.53. The molecule has 0 aromatic heterocycles. The van der Waals surface area contributed by atoms with E-state index in [0.717, 1.165) is 19.3 Å². The summed E-state index contributed by atoms with van der Waals surface area (Å²) in [4.78, 5) is 11.8. The van der Waals surface area contributed by atoms with Crippen LogP contribution in [0.2, 0.25) is 0 Å². The molecule has 0 radical (unpaired) electrons. The van der Waals surface area contributed by atoms with Gasteiger partial charge in [0.2, 0.25) is 5.91 Å². The standard InChI is InChI=1S/C13H25NO2/c1-10(15)8-13(2,3)9-14-12(16)11-6-4-5-7-11/h10-11,15H,4-9H2,1-3H3,(H,14,16). The highest BCUT2D eigenvalue weighted by Gasteiger charge is 2.25. The van der Waals surface area contributed by atoms with Crippen molar-refractivity contribution in [1.29, 1.82) is 0 Å². The summed E-state index contributed by atoms with van der Waals surface area (Å²) in [5, 5.41) is 12.4. The van der Waals surface area contributed by atoms with Crippen LogP contribution in [0.1, 0.15) is 52.9 Å². The fraction of sp³-hybridized carbons (Fsp3) is 0.923. The molecule has 0 heterocycles. The van der Waals surface area contributed by atoms with E-state index in [1.54, 1.807) is 6.92 Å². The lowest BCUT2D eigenvalue weighted by Crippen LogP contribution is -2.38. The third kappa shape index (κ3) is 4.52. The second kappa shape index (κ2) is 5.67. The molecule has 0 aromatic carbocycles. The summed E-state index contributed by atoms with van der Waals surface area (Å²) in [6.45, 7) is 6.61. The highest BCUT2D eigenvalue weighted by molar-refractivity contribution is 5.78. The summed E-state index contributed by atoms with van der Waals surface area (Å²) in [5.41, 5.74) is -0.0254. The summed E-state index contributed by atoms with van der Waals surface area (Å²) in [6.07, 6.45) is 4.88. The highest BCUT2D eigenvalue weighted by atomic mass is 16.3. The third-order valence-electron chi connectivity index (χ3n) is 3.32. The molecule has 1 saturated carbocycles. The van der Waals surface area contributed by atoms with E-state index < -0.39 is 0 Å². The van der Waals surface area contributed by atoms with Crippen molar-refractivity contribution < 1.29 is 9.90 Å². The van der Waals surface area contributed by atoms with Gasteiger partial charge in [-0.1, -0.05) is 26.7 Å². The van der Waals surface area contributed by atoms with Crippen LogP contribution in [-0.2, 0) is 4.79 Å². The van der Waals surface area contributed by atoms with Crippen molar-refractivity contribution in [3.63, 3.8) is 0 Å². The van der Waals surface area contributed by atoms with E-state index in [1.807, 2.05) is 0 Å². The van der Waals surface area contributed by atoms with Crippen LogP contribution in [0.5, 0.6) is 0 Å². The Morgan fingerprint density at radius 3 is 2.50 bits per heavy atom. The van der Waals surface area contributed by atoms with Crippen LogP contribution in [0.15, 0.2) is 0 Å². The molecule has 3 heteroatoms. The Balaban J connectivity index is 2.29. The maximum atomic E-state index is 11.8. The highest BCUT2D eigenvalue weighted by Crippen LogP contribution is 2.26. The summed E-state index contributed by atoms with van der Waals surface area (Å²) in [5.74, 6) is 0.443. The van der Waals surface area contributed by atoms with E-state index in [4.69, 9.17) is 0 Å². The van der Waals surface area contributed by atoms with Crippen molar-refractivity contribution in [2.24, 2.45) is 11.3 Å². The van der Waals surface area contributed by atoms with Gasteiger partial charge < -0.3 is 10.4 Å². The van der Waals surface area contributed by atoms with E-state index in [1.165, 1.54) is 12.8 Å². The van der Waals surface area contributed by atoms with Crippen molar-refractivity contribution in [2.75, 3.05) is 6.54 Å². The number of amides is 1. The van der Waals surface area contributed by atoms with Crippen LogP contribution < -0.4 is 5.32 Å². The molecule has 1 amide bonds. The van der Waals surface area contributed by atoms with Crippen molar-refractivity contribution in [3.05, 3.63) is 0 Å². The Hall–Kier alpha value is -0.570. The van der Waals surface area contributed by atoms with Gasteiger partial charge in [-0.05, 0) is 31.6 Å². The molecule has 1 aliphatic rings. The predicted molar refractivity (Wildman–Crippen MR) is 65.0 cm³/mol. The van der Waals surface area contributed by atoms with Crippen LogP contribution in [-0.4, -0.2) is 23.7 Å². The molecule has 3 nitrogen and oxygen atoms in total. The Kier molecular flexibility index (Phi) is 4.78. The Bertz CT molecular complexity index is 230. The van der Waals surface area contributed by atoms with E-state index in [9.17, 15) is 9.90 Å². The lowest BCUT2D eigenvalue weighted by Gasteiger charge is -2.27. The zero-order chi connectivity index (χ0) is 12.2. The van der Waals surface area contributed by atoms with E-state index in [-0.39, 0.29) is 23.3 Å². The number of rotatable bonds is 5. The lowest BCUT2D eigenvalue weighted by atomic mass is 9.87. The number of aliphatic hydroxyl groups excluding tert-OH is 1. The van der Waals surface area contributed by atoms with Gasteiger partial charge in [0.15, 0.2) is 0 Å². The first kappa shape index (κ1) is 13.5. The van der Waals surface area contributed by atoms with Gasteiger partial charge in [0.25, 0.3) is 0 Å². The van der Waals surface area contributed by atoms with Crippen molar-refractivity contribution >= 4 is 5.91 Å². The van der Waals surface area contributed by atoms with Crippen molar-refractivity contribution in [3.8, 4) is 0 Å². The summed E-state index contributed by atoms with van der Waals surface area (Å²) in [6, 6.07) is 0. The molecule has 0 aliphatic heterocycles. The second-order valence-electron chi connectivity index (χ2n) is 5.92. The third-order valence-corrected chi connectivity index (χ3v) is 3.32. The molecular formula is C13H25NO2. The molecule has 94 valence electrons. The van der Waals surface area contributed by atoms with Crippen LogP contribution in [0.3, 0.4) is 0 Å². The average molecular weight is 227 g/mol. The maximum absolute atomic E-state index is 11.8. The minimum Gasteiger partial charge on any atom is -0.393 e. The first-order chi connectivity index (χ1) is 7.41. The van der Waals surface area contributed by atoms with Gasteiger partial charge in [-0.15, -0.1) is 0 Å². The number of hydrogen-bond donors (Lipinski definition) is 2. The molecular weight excluding hydrogens is 202 g/mol. The van der Waals surface area contributed by atoms with Crippen molar-refractivity contribution in [1.82, 2.24) is 5.32 Å². The van der Waals surface area contributed by atoms with Gasteiger partial charge in [-0.3, -0.25) is 4.79 Å². The summed E-state index contributed by atoms with van der Waals surface area (Å²) in [7, 11) is 0. The predicted octanol–water partition coefficient (Wildman–Crippen LogP) is 2.09. The van der Waals surface area contributed by atoms with Crippen LogP contribution in [0, 0.1) is 11.3 Å². The summed E-state index contributed by atoms with van der Waals surface area (Å²) >= 11 is 0. The quantitative estimate of drug-likeness (QED) is 0.755. The number of carbonyl (C=O) groups is 1. The van der Waals surface area contributed by atoms with E-state index in [2.05, 4.69) is 19.2 Å². The fourth-order valence-electron chi connectivity index (χ4n) is 2.53. The average Bonchev–Trinajstić information content (AvgIpc) is 2.64. The zero-order valence-corrected chi connectivity index (χ0v) is 10.8. The molecule has 1 atom stereocenters. The lowest BCUT2D eigenvalue weighted by molar-refractivity contribution is -0.125. The van der Waals surface area contributed by atoms with Crippen LogP contribution in [0.4, 0.5) is 0 Å². The molecule has 0 spiro atoms. The molecule has 1 unspecified atom stereocenters. The van der Waals surface area contributed by atoms with Gasteiger partial charge >= 0.3 is 0 Å². The number of carbonyl (C=O) groups excluding carboxylic acids is 1. The smallest absolute Gasteiger partial charge is 0.223 e. The molecule has 1 aliphatic carbocycles. The number of hydrogen-bond acceptors (Lipinski definition) is 2. The second-order valence-corrected chi connectivity index (χ2v) is 5.92. The Labute approximate surface area is 98.6 Å². The topological polar surface area (TPSA) is 49.3 Å². The molecule has 0 bridgehead atoms. The minimum absolute atomic E-state index is 0.0254.